The Bertz CT molecular complexity index is 1010. The van der Waals surface area contributed by atoms with Crippen molar-refractivity contribution >= 4 is 29.1 Å². The first-order chi connectivity index (χ1) is 13.5. The van der Waals surface area contributed by atoms with E-state index >= 15 is 0 Å². The number of rotatable bonds is 5. The van der Waals surface area contributed by atoms with Crippen LogP contribution in [0.15, 0.2) is 60.8 Å². The number of hydrogen-bond acceptors (Lipinski definition) is 5. The Morgan fingerprint density at radius 2 is 1.75 bits per heavy atom. The summed E-state index contributed by atoms with van der Waals surface area (Å²) in [6, 6.07) is 16.1. The standard InChI is InChI=1S/C22H21N3O3/c1-14-8-9-16(12-15(14)2)21(26)25-20-11-10-17(13-23-20)24-19-7-5-4-6-18(19)22(27)28-3/h4-13,24H,1-3H3,(H,23,25,26). The number of nitrogens with zero attached hydrogens (tertiary/aromatic N) is 1. The van der Waals surface area contributed by atoms with Gasteiger partial charge in [0.05, 0.1) is 30.2 Å². The molecule has 6 nitrogen and oxygen atoms in total. The maximum Gasteiger partial charge on any atom is 0.339 e. The number of ether oxygens (including phenoxy) is 1. The molecule has 0 saturated carbocycles. The first-order valence-electron chi connectivity index (χ1n) is 8.77. The molecule has 0 spiro atoms. The van der Waals surface area contributed by atoms with E-state index in [1.54, 1.807) is 42.6 Å². The summed E-state index contributed by atoms with van der Waals surface area (Å²) >= 11 is 0. The first kappa shape index (κ1) is 19.1. The molecular weight excluding hydrogens is 354 g/mol. The lowest BCUT2D eigenvalue weighted by molar-refractivity contribution is 0.0601. The largest absolute Gasteiger partial charge is 0.465 e. The molecule has 0 atom stereocenters. The number of pyridine rings is 1. The van der Waals surface area contributed by atoms with Crippen LogP contribution in [0.2, 0.25) is 0 Å². The van der Waals surface area contributed by atoms with Crippen molar-refractivity contribution in [1.82, 2.24) is 4.98 Å². The molecule has 2 N–H and O–H groups in total. The van der Waals surface area contributed by atoms with Crippen LogP contribution in [0.3, 0.4) is 0 Å². The van der Waals surface area contributed by atoms with Crippen molar-refractivity contribution in [3.05, 3.63) is 83.0 Å². The highest BCUT2D eigenvalue weighted by Crippen LogP contribution is 2.22. The van der Waals surface area contributed by atoms with Crippen molar-refractivity contribution < 1.29 is 14.3 Å². The fourth-order valence-corrected chi connectivity index (χ4v) is 2.65. The zero-order valence-corrected chi connectivity index (χ0v) is 15.9. The molecule has 0 aliphatic carbocycles. The van der Waals surface area contributed by atoms with E-state index in [0.29, 0.717) is 28.3 Å². The third-order valence-electron chi connectivity index (χ3n) is 4.39. The maximum absolute atomic E-state index is 12.4. The van der Waals surface area contributed by atoms with E-state index in [9.17, 15) is 9.59 Å². The zero-order valence-electron chi connectivity index (χ0n) is 15.9. The number of methoxy groups -OCH3 is 1. The second-order valence-corrected chi connectivity index (χ2v) is 6.35. The van der Waals surface area contributed by atoms with Crippen LogP contribution in [0.25, 0.3) is 0 Å². The first-order valence-corrected chi connectivity index (χ1v) is 8.77. The molecule has 142 valence electrons. The topological polar surface area (TPSA) is 80.3 Å². The SMILES string of the molecule is COC(=O)c1ccccc1Nc1ccc(NC(=O)c2ccc(C)c(C)c2)nc1. The van der Waals surface area contributed by atoms with Gasteiger partial charge < -0.3 is 15.4 Å². The summed E-state index contributed by atoms with van der Waals surface area (Å²) in [7, 11) is 1.34. The van der Waals surface area contributed by atoms with Crippen LogP contribution in [0.1, 0.15) is 31.8 Å². The summed E-state index contributed by atoms with van der Waals surface area (Å²) in [5, 5.41) is 5.92. The van der Waals surface area contributed by atoms with E-state index in [-0.39, 0.29) is 5.91 Å². The number of nitrogens with one attached hydrogen (secondary N) is 2. The van der Waals surface area contributed by atoms with Crippen molar-refractivity contribution in [2.24, 2.45) is 0 Å². The van der Waals surface area contributed by atoms with E-state index in [2.05, 4.69) is 15.6 Å². The second kappa shape index (κ2) is 8.35. The van der Waals surface area contributed by atoms with Crippen LogP contribution in [0.5, 0.6) is 0 Å². The van der Waals surface area contributed by atoms with Gasteiger partial charge in [0.25, 0.3) is 5.91 Å². The normalized spacial score (nSPS) is 10.2. The summed E-state index contributed by atoms with van der Waals surface area (Å²) in [5.41, 5.74) is 4.50. The summed E-state index contributed by atoms with van der Waals surface area (Å²) < 4.78 is 4.79. The van der Waals surface area contributed by atoms with E-state index in [1.165, 1.54) is 7.11 Å². The van der Waals surface area contributed by atoms with Crippen LogP contribution >= 0.6 is 0 Å². The number of benzene rings is 2. The van der Waals surface area contributed by atoms with Crippen LogP contribution in [0, 0.1) is 13.8 Å². The van der Waals surface area contributed by atoms with Crippen molar-refractivity contribution in [3.8, 4) is 0 Å². The number of carbonyl (C=O) groups is 2. The van der Waals surface area contributed by atoms with Crippen LogP contribution < -0.4 is 10.6 Å². The third-order valence-corrected chi connectivity index (χ3v) is 4.39. The Hall–Kier alpha value is -3.67. The Kier molecular flexibility index (Phi) is 5.69. The smallest absolute Gasteiger partial charge is 0.339 e. The Labute approximate surface area is 163 Å². The summed E-state index contributed by atoms with van der Waals surface area (Å²) in [4.78, 5) is 28.5. The average molecular weight is 375 g/mol. The molecule has 1 aromatic heterocycles. The van der Waals surface area contributed by atoms with E-state index in [0.717, 1.165) is 11.1 Å². The minimum atomic E-state index is -0.423. The number of esters is 1. The lowest BCUT2D eigenvalue weighted by atomic mass is 10.1. The summed E-state index contributed by atoms with van der Waals surface area (Å²) in [5.74, 6) is -0.198. The third kappa shape index (κ3) is 4.35. The minimum absolute atomic E-state index is 0.215. The summed E-state index contributed by atoms with van der Waals surface area (Å²) in [6.07, 6.45) is 1.59. The van der Waals surface area contributed by atoms with E-state index < -0.39 is 5.97 Å². The minimum Gasteiger partial charge on any atom is -0.465 e. The maximum atomic E-state index is 12.4. The molecule has 0 aliphatic heterocycles. The lowest BCUT2D eigenvalue weighted by Crippen LogP contribution is -2.13. The number of hydrogen-bond donors (Lipinski definition) is 2. The number of para-hydroxylation sites is 1. The predicted molar refractivity (Wildman–Crippen MR) is 109 cm³/mol. The Morgan fingerprint density at radius 3 is 2.43 bits per heavy atom. The van der Waals surface area contributed by atoms with Gasteiger partial charge in [0.2, 0.25) is 0 Å². The van der Waals surface area contributed by atoms with Gasteiger partial charge in [-0.1, -0.05) is 18.2 Å². The molecule has 3 aromatic rings. The van der Waals surface area contributed by atoms with Crippen molar-refractivity contribution in [3.63, 3.8) is 0 Å². The van der Waals surface area contributed by atoms with E-state index in [1.807, 2.05) is 32.0 Å². The average Bonchev–Trinajstić information content (AvgIpc) is 2.71. The molecule has 6 heteroatoms. The molecule has 3 rings (SSSR count). The van der Waals surface area contributed by atoms with Crippen molar-refractivity contribution in [2.45, 2.75) is 13.8 Å². The zero-order chi connectivity index (χ0) is 20.1. The highest BCUT2D eigenvalue weighted by atomic mass is 16.5. The Balaban J connectivity index is 1.71. The van der Waals surface area contributed by atoms with Crippen molar-refractivity contribution in [2.75, 3.05) is 17.7 Å². The highest BCUT2D eigenvalue weighted by molar-refractivity contribution is 6.04. The van der Waals surface area contributed by atoms with Gasteiger partial charge in [0, 0.05) is 5.56 Å². The molecule has 1 amide bonds. The molecule has 0 saturated heterocycles. The molecule has 0 aliphatic rings. The molecule has 0 radical (unpaired) electrons. The number of anilines is 3. The van der Waals surface area contributed by atoms with Crippen LogP contribution in [-0.2, 0) is 4.74 Å². The van der Waals surface area contributed by atoms with Gasteiger partial charge in [-0.2, -0.15) is 0 Å². The van der Waals surface area contributed by atoms with Crippen molar-refractivity contribution in [1.29, 1.82) is 0 Å². The number of aryl methyl sites for hydroxylation is 2. The van der Waals surface area contributed by atoms with Gasteiger partial charge in [0.15, 0.2) is 0 Å². The second-order valence-electron chi connectivity index (χ2n) is 6.35. The lowest BCUT2D eigenvalue weighted by Gasteiger charge is -2.11. The van der Waals surface area contributed by atoms with Gasteiger partial charge in [-0.15, -0.1) is 0 Å². The molecule has 2 aromatic carbocycles. The Morgan fingerprint density at radius 1 is 0.964 bits per heavy atom. The predicted octanol–water partition coefficient (Wildman–Crippen LogP) is 4.48. The fraction of sp³-hybridized carbons (Fsp3) is 0.136. The molecule has 28 heavy (non-hydrogen) atoms. The van der Waals surface area contributed by atoms with Gasteiger partial charge >= 0.3 is 5.97 Å². The number of aromatic nitrogens is 1. The number of amides is 1. The molecule has 0 bridgehead atoms. The summed E-state index contributed by atoms with van der Waals surface area (Å²) in [6.45, 7) is 3.97. The molecular formula is C22H21N3O3. The molecule has 1 heterocycles. The highest BCUT2D eigenvalue weighted by Gasteiger charge is 2.12. The molecule has 0 unspecified atom stereocenters. The molecule has 0 fully saturated rings. The number of carbonyl (C=O) groups excluding carboxylic acids is 2. The van der Waals surface area contributed by atoms with Gasteiger partial charge in [-0.05, 0) is 61.4 Å². The quantitative estimate of drug-likeness (QED) is 0.643. The van der Waals surface area contributed by atoms with Gasteiger partial charge in [-0.3, -0.25) is 4.79 Å². The van der Waals surface area contributed by atoms with Gasteiger partial charge in [-0.25, -0.2) is 9.78 Å². The van der Waals surface area contributed by atoms with Crippen LogP contribution in [0.4, 0.5) is 17.2 Å². The van der Waals surface area contributed by atoms with Crippen LogP contribution in [-0.4, -0.2) is 24.0 Å². The monoisotopic (exact) mass is 375 g/mol. The van der Waals surface area contributed by atoms with E-state index in [4.69, 9.17) is 4.74 Å². The fourth-order valence-electron chi connectivity index (χ4n) is 2.65. The van der Waals surface area contributed by atoms with Gasteiger partial charge in [0.1, 0.15) is 5.82 Å².